The molecule has 0 spiro atoms. The van der Waals surface area contributed by atoms with Gasteiger partial charge in [-0.05, 0) is 25.5 Å². The van der Waals surface area contributed by atoms with Gasteiger partial charge in [0.25, 0.3) is 0 Å². The van der Waals surface area contributed by atoms with Crippen LogP contribution in [-0.4, -0.2) is 27.4 Å². The molecule has 0 aliphatic carbocycles. The maximum atomic E-state index is 11.6. The van der Waals surface area contributed by atoms with Crippen LogP contribution in [0.4, 0.5) is 0 Å². The Balaban J connectivity index is 2.83. The van der Waals surface area contributed by atoms with Crippen LogP contribution in [-0.2, 0) is 4.74 Å². The van der Waals surface area contributed by atoms with Crippen LogP contribution in [0.3, 0.4) is 0 Å². The number of carbonyl (C=O) groups excluding carboxylic acids is 1. The van der Waals surface area contributed by atoms with E-state index in [1.54, 1.807) is 6.92 Å². The first-order valence-corrected chi connectivity index (χ1v) is 5.41. The van der Waals surface area contributed by atoms with Crippen molar-refractivity contribution in [2.24, 2.45) is 0 Å². The predicted octanol–water partition coefficient (Wildman–Crippen LogP) is 2.15. The molecule has 1 rings (SSSR count). The van der Waals surface area contributed by atoms with Gasteiger partial charge in [-0.15, -0.1) is 0 Å². The first-order chi connectivity index (χ1) is 7.95. The summed E-state index contributed by atoms with van der Waals surface area (Å²) in [6, 6.07) is 2.10. The van der Waals surface area contributed by atoms with Crippen molar-refractivity contribution in [2.75, 3.05) is 0 Å². The molecule has 3 N–H and O–H groups in total. The zero-order valence-corrected chi connectivity index (χ0v) is 9.80. The molecule has 0 amide bonds. The summed E-state index contributed by atoms with van der Waals surface area (Å²) >= 11 is 0. The summed E-state index contributed by atoms with van der Waals surface area (Å²) in [5, 5.41) is 27.6. The standard InChI is InChI=1S/C12H16O5/c1-3-4-7(2)17-12(16)8-5-9(13)11(15)10(14)6-8/h5-7,13-15H,3-4H2,1-2H3. The summed E-state index contributed by atoms with van der Waals surface area (Å²) in [6.45, 7) is 3.74. The van der Waals surface area contributed by atoms with Crippen LogP contribution >= 0.6 is 0 Å². The summed E-state index contributed by atoms with van der Waals surface area (Å²) in [4.78, 5) is 11.6. The lowest BCUT2D eigenvalue weighted by molar-refractivity contribution is 0.0322. The van der Waals surface area contributed by atoms with E-state index in [-0.39, 0.29) is 11.7 Å². The van der Waals surface area contributed by atoms with Crippen LogP contribution in [0.15, 0.2) is 12.1 Å². The van der Waals surface area contributed by atoms with Crippen molar-refractivity contribution in [3.05, 3.63) is 17.7 Å². The molecule has 1 unspecified atom stereocenters. The van der Waals surface area contributed by atoms with E-state index in [4.69, 9.17) is 9.84 Å². The fourth-order valence-electron chi connectivity index (χ4n) is 1.44. The van der Waals surface area contributed by atoms with Gasteiger partial charge in [0.1, 0.15) is 0 Å². The molecule has 5 heteroatoms. The lowest BCUT2D eigenvalue weighted by atomic mass is 10.2. The average molecular weight is 240 g/mol. The van der Waals surface area contributed by atoms with Crippen LogP contribution < -0.4 is 0 Å². The Labute approximate surface area is 99.3 Å². The Bertz CT molecular complexity index is 390. The number of rotatable bonds is 4. The van der Waals surface area contributed by atoms with Crippen LogP contribution in [0.25, 0.3) is 0 Å². The monoisotopic (exact) mass is 240 g/mol. The highest BCUT2D eigenvalue weighted by Gasteiger charge is 2.16. The van der Waals surface area contributed by atoms with E-state index in [1.807, 2.05) is 6.92 Å². The first-order valence-electron chi connectivity index (χ1n) is 5.41. The number of esters is 1. The molecule has 0 aromatic heterocycles. The van der Waals surface area contributed by atoms with E-state index >= 15 is 0 Å². The third-order valence-electron chi connectivity index (χ3n) is 2.31. The predicted molar refractivity (Wildman–Crippen MR) is 61.2 cm³/mol. The Morgan fingerprint density at radius 3 is 2.29 bits per heavy atom. The number of hydrogen-bond acceptors (Lipinski definition) is 5. The lowest BCUT2D eigenvalue weighted by Crippen LogP contribution is -2.14. The zero-order valence-electron chi connectivity index (χ0n) is 9.80. The van der Waals surface area contributed by atoms with E-state index < -0.39 is 23.2 Å². The number of hydrogen-bond donors (Lipinski definition) is 3. The van der Waals surface area contributed by atoms with Gasteiger partial charge in [0.05, 0.1) is 11.7 Å². The van der Waals surface area contributed by atoms with Gasteiger partial charge < -0.3 is 20.1 Å². The highest BCUT2D eigenvalue weighted by atomic mass is 16.5. The number of aromatic hydroxyl groups is 3. The molecule has 0 radical (unpaired) electrons. The Hall–Kier alpha value is -1.91. The van der Waals surface area contributed by atoms with Crippen molar-refractivity contribution < 1.29 is 24.9 Å². The van der Waals surface area contributed by atoms with Gasteiger partial charge in [0.15, 0.2) is 17.2 Å². The molecule has 17 heavy (non-hydrogen) atoms. The van der Waals surface area contributed by atoms with Gasteiger partial charge in [-0.2, -0.15) is 0 Å². The second kappa shape index (κ2) is 5.43. The Kier molecular flexibility index (Phi) is 4.20. The van der Waals surface area contributed by atoms with Gasteiger partial charge in [0.2, 0.25) is 0 Å². The number of benzene rings is 1. The molecule has 5 nitrogen and oxygen atoms in total. The smallest absolute Gasteiger partial charge is 0.338 e. The number of ether oxygens (including phenoxy) is 1. The van der Waals surface area contributed by atoms with Gasteiger partial charge in [-0.1, -0.05) is 13.3 Å². The molecule has 0 saturated carbocycles. The highest BCUT2D eigenvalue weighted by Crippen LogP contribution is 2.35. The maximum absolute atomic E-state index is 11.6. The first kappa shape index (κ1) is 13.2. The molecule has 94 valence electrons. The van der Waals surface area contributed by atoms with Crippen LogP contribution in [0.5, 0.6) is 17.2 Å². The van der Waals surface area contributed by atoms with Crippen molar-refractivity contribution in [1.29, 1.82) is 0 Å². The average Bonchev–Trinajstić information content (AvgIpc) is 2.25. The quantitative estimate of drug-likeness (QED) is 0.554. The fraction of sp³-hybridized carbons (Fsp3) is 0.417. The van der Waals surface area contributed by atoms with Crippen LogP contribution in [0.1, 0.15) is 37.0 Å². The third-order valence-corrected chi connectivity index (χ3v) is 2.31. The highest BCUT2D eigenvalue weighted by molar-refractivity contribution is 5.91. The van der Waals surface area contributed by atoms with Crippen LogP contribution in [0, 0.1) is 0 Å². The molecule has 0 saturated heterocycles. The molecule has 1 atom stereocenters. The molecular formula is C12H16O5. The van der Waals surface area contributed by atoms with Gasteiger partial charge >= 0.3 is 5.97 Å². The minimum absolute atomic E-state index is 0.000697. The summed E-state index contributed by atoms with van der Waals surface area (Å²) in [7, 11) is 0. The maximum Gasteiger partial charge on any atom is 0.338 e. The lowest BCUT2D eigenvalue weighted by Gasteiger charge is -2.12. The van der Waals surface area contributed by atoms with E-state index in [9.17, 15) is 15.0 Å². The normalized spacial score (nSPS) is 12.1. The van der Waals surface area contributed by atoms with Crippen LogP contribution in [0.2, 0.25) is 0 Å². The fourth-order valence-corrected chi connectivity index (χ4v) is 1.44. The number of phenolic OH excluding ortho intramolecular Hbond substituents is 3. The van der Waals surface area contributed by atoms with Crippen molar-refractivity contribution in [2.45, 2.75) is 32.8 Å². The van der Waals surface area contributed by atoms with E-state index in [2.05, 4.69) is 0 Å². The van der Waals surface area contributed by atoms with Gasteiger partial charge in [-0.25, -0.2) is 4.79 Å². The van der Waals surface area contributed by atoms with Gasteiger partial charge in [-0.3, -0.25) is 0 Å². The Morgan fingerprint density at radius 2 is 1.82 bits per heavy atom. The summed E-state index contributed by atoms with van der Waals surface area (Å²) in [5.41, 5.74) is 0.000697. The number of phenols is 3. The molecule has 0 aliphatic heterocycles. The SMILES string of the molecule is CCCC(C)OC(=O)c1cc(O)c(O)c(O)c1. The molecule has 0 heterocycles. The van der Waals surface area contributed by atoms with Crippen molar-refractivity contribution >= 4 is 5.97 Å². The van der Waals surface area contributed by atoms with Crippen molar-refractivity contribution in [3.63, 3.8) is 0 Å². The summed E-state index contributed by atoms with van der Waals surface area (Å²) in [5.74, 6) is -2.40. The number of carbonyl (C=O) groups is 1. The van der Waals surface area contributed by atoms with E-state index in [1.165, 1.54) is 0 Å². The zero-order chi connectivity index (χ0) is 13.0. The molecule has 0 aliphatic rings. The van der Waals surface area contributed by atoms with Crippen molar-refractivity contribution in [1.82, 2.24) is 0 Å². The minimum Gasteiger partial charge on any atom is -0.504 e. The molecule has 0 bridgehead atoms. The van der Waals surface area contributed by atoms with Crippen molar-refractivity contribution in [3.8, 4) is 17.2 Å². The molecule has 0 fully saturated rings. The van der Waals surface area contributed by atoms with Gasteiger partial charge in [0, 0.05) is 0 Å². The molecule has 1 aromatic rings. The van der Waals surface area contributed by atoms with E-state index in [0.29, 0.717) is 0 Å². The molecular weight excluding hydrogens is 224 g/mol. The van der Waals surface area contributed by atoms with E-state index in [0.717, 1.165) is 25.0 Å². The largest absolute Gasteiger partial charge is 0.504 e. The second-order valence-electron chi connectivity index (χ2n) is 3.87. The summed E-state index contributed by atoms with van der Waals surface area (Å²) in [6.07, 6.45) is 1.40. The minimum atomic E-state index is -0.650. The second-order valence-corrected chi connectivity index (χ2v) is 3.87. The third kappa shape index (κ3) is 3.27. The topological polar surface area (TPSA) is 87.0 Å². The Morgan fingerprint density at radius 1 is 1.29 bits per heavy atom. The summed E-state index contributed by atoms with van der Waals surface area (Å²) < 4.78 is 5.08. The molecule has 1 aromatic carbocycles.